The number of thiophene rings is 1. The maximum Gasteiger partial charge on any atom is 0.116 e. The van der Waals surface area contributed by atoms with Gasteiger partial charge in [-0.2, -0.15) is 16.4 Å². The van der Waals surface area contributed by atoms with Crippen molar-refractivity contribution < 1.29 is 0 Å². The third kappa shape index (κ3) is 1.45. The number of nitrogen functional groups attached to an aromatic ring is 1. The molecule has 3 nitrogen and oxygen atoms in total. The molecule has 0 saturated carbocycles. The molecule has 0 radical (unpaired) electrons. The first-order valence-electron chi connectivity index (χ1n) is 4.16. The Morgan fingerprint density at radius 3 is 3.00 bits per heavy atom. The molecule has 0 atom stereocenters. The molecule has 0 fully saturated rings. The fourth-order valence-corrected chi connectivity index (χ4v) is 1.86. The van der Waals surface area contributed by atoms with Crippen molar-refractivity contribution in [1.29, 1.82) is 0 Å². The molecule has 0 aliphatic heterocycles. The molecule has 0 spiro atoms. The van der Waals surface area contributed by atoms with Crippen LogP contribution in [-0.4, -0.2) is 9.78 Å². The summed E-state index contributed by atoms with van der Waals surface area (Å²) >= 11 is 1.66. The molecule has 0 aliphatic carbocycles. The van der Waals surface area contributed by atoms with Gasteiger partial charge < -0.3 is 5.73 Å². The molecule has 0 aromatic carbocycles. The van der Waals surface area contributed by atoms with Crippen molar-refractivity contribution in [3.05, 3.63) is 23.0 Å². The van der Waals surface area contributed by atoms with Gasteiger partial charge in [-0.1, -0.05) is 0 Å². The summed E-state index contributed by atoms with van der Waals surface area (Å²) in [6.07, 6.45) is 1.87. The second-order valence-electron chi connectivity index (χ2n) is 2.80. The molecule has 13 heavy (non-hydrogen) atoms. The molecule has 2 rings (SSSR count). The highest BCUT2D eigenvalue weighted by atomic mass is 32.1. The Kier molecular flexibility index (Phi) is 2.06. The minimum absolute atomic E-state index is 0.750. The molecule has 2 N–H and O–H groups in total. The van der Waals surface area contributed by atoms with E-state index in [4.69, 9.17) is 5.73 Å². The summed E-state index contributed by atoms with van der Waals surface area (Å²) in [7, 11) is 0. The molecular weight excluding hydrogens is 182 g/mol. The van der Waals surface area contributed by atoms with Crippen molar-refractivity contribution in [1.82, 2.24) is 9.78 Å². The van der Waals surface area contributed by atoms with Gasteiger partial charge in [0.25, 0.3) is 0 Å². The fourth-order valence-electron chi connectivity index (χ4n) is 1.22. The molecule has 4 heteroatoms. The molecule has 0 bridgehead atoms. The lowest BCUT2D eigenvalue weighted by Gasteiger charge is -1.92. The van der Waals surface area contributed by atoms with E-state index in [1.165, 1.54) is 0 Å². The zero-order valence-corrected chi connectivity index (χ0v) is 8.21. The van der Waals surface area contributed by atoms with Gasteiger partial charge in [-0.25, -0.2) is 0 Å². The van der Waals surface area contributed by atoms with Crippen molar-refractivity contribution in [2.45, 2.75) is 13.5 Å². The van der Waals surface area contributed by atoms with E-state index >= 15 is 0 Å². The average Bonchev–Trinajstić information content (AvgIpc) is 2.72. The van der Waals surface area contributed by atoms with E-state index in [0.29, 0.717) is 0 Å². The van der Waals surface area contributed by atoms with Crippen molar-refractivity contribution in [3.8, 4) is 11.3 Å². The first-order valence-corrected chi connectivity index (χ1v) is 5.11. The van der Waals surface area contributed by atoms with Gasteiger partial charge in [0.05, 0.1) is 5.69 Å². The van der Waals surface area contributed by atoms with Crippen LogP contribution in [0.25, 0.3) is 11.3 Å². The molecule has 0 aliphatic rings. The monoisotopic (exact) mass is 193 g/mol. The zero-order valence-electron chi connectivity index (χ0n) is 7.40. The normalized spacial score (nSPS) is 10.5. The quantitative estimate of drug-likeness (QED) is 0.794. The molecular formula is C9H11N3S. The van der Waals surface area contributed by atoms with Crippen LogP contribution in [0.1, 0.15) is 6.92 Å². The lowest BCUT2D eigenvalue weighted by Crippen LogP contribution is -1.93. The summed E-state index contributed by atoms with van der Waals surface area (Å²) in [4.78, 5) is 0. The molecule has 2 aromatic heterocycles. The van der Waals surface area contributed by atoms with E-state index in [1.54, 1.807) is 11.3 Å². The highest BCUT2D eigenvalue weighted by molar-refractivity contribution is 7.08. The highest BCUT2D eigenvalue weighted by Crippen LogP contribution is 2.25. The molecule has 0 unspecified atom stereocenters. The van der Waals surface area contributed by atoms with Gasteiger partial charge in [-0.3, -0.25) is 4.68 Å². The second-order valence-corrected chi connectivity index (χ2v) is 3.58. The molecule has 68 valence electrons. The summed E-state index contributed by atoms with van der Waals surface area (Å²) in [5, 5.41) is 8.45. The van der Waals surface area contributed by atoms with Gasteiger partial charge in [-0.05, 0) is 18.4 Å². The van der Waals surface area contributed by atoms with Crippen LogP contribution in [-0.2, 0) is 6.54 Å². The van der Waals surface area contributed by atoms with Crippen LogP contribution in [0, 0.1) is 0 Å². The molecule has 0 amide bonds. The van der Waals surface area contributed by atoms with Crippen molar-refractivity contribution >= 4 is 17.0 Å². The number of nitrogens with two attached hydrogens (primary N) is 1. The lowest BCUT2D eigenvalue weighted by molar-refractivity contribution is 0.662. The predicted octanol–water partition coefficient (Wildman–Crippen LogP) is 2.21. The molecule has 2 heterocycles. The average molecular weight is 193 g/mol. The van der Waals surface area contributed by atoms with E-state index in [1.807, 2.05) is 29.2 Å². The van der Waals surface area contributed by atoms with E-state index < -0.39 is 0 Å². The number of rotatable bonds is 2. The van der Waals surface area contributed by atoms with Crippen LogP contribution in [0.4, 0.5) is 5.69 Å². The highest BCUT2D eigenvalue weighted by Gasteiger charge is 2.07. The lowest BCUT2D eigenvalue weighted by atomic mass is 10.2. The van der Waals surface area contributed by atoms with Gasteiger partial charge in [0.2, 0.25) is 0 Å². The minimum atomic E-state index is 0.750. The summed E-state index contributed by atoms with van der Waals surface area (Å²) in [6, 6.07) is 2.03. The van der Waals surface area contributed by atoms with Crippen LogP contribution in [0.5, 0.6) is 0 Å². The van der Waals surface area contributed by atoms with Crippen LogP contribution < -0.4 is 5.73 Å². The van der Waals surface area contributed by atoms with E-state index in [0.717, 1.165) is 23.5 Å². The maximum absolute atomic E-state index is 5.83. The van der Waals surface area contributed by atoms with Crippen LogP contribution >= 0.6 is 11.3 Å². The van der Waals surface area contributed by atoms with E-state index in [2.05, 4.69) is 10.5 Å². The number of hydrogen-bond acceptors (Lipinski definition) is 3. The van der Waals surface area contributed by atoms with Gasteiger partial charge >= 0.3 is 0 Å². The van der Waals surface area contributed by atoms with Gasteiger partial charge in [0.15, 0.2) is 0 Å². The molecule has 2 aromatic rings. The van der Waals surface area contributed by atoms with Crippen LogP contribution in [0.2, 0.25) is 0 Å². The number of anilines is 1. The second kappa shape index (κ2) is 3.22. The number of aryl methyl sites for hydroxylation is 1. The Morgan fingerprint density at radius 2 is 2.46 bits per heavy atom. The number of hydrogen-bond donors (Lipinski definition) is 1. The first kappa shape index (κ1) is 8.31. The van der Waals surface area contributed by atoms with Gasteiger partial charge in [0.1, 0.15) is 5.69 Å². The Balaban J connectivity index is 2.46. The topological polar surface area (TPSA) is 43.8 Å². The summed E-state index contributed by atoms with van der Waals surface area (Å²) < 4.78 is 1.85. The number of nitrogens with zero attached hydrogens (tertiary/aromatic N) is 2. The standard InChI is InChI=1S/C9H11N3S/c1-2-12-5-8(10)9(11-12)7-3-4-13-6-7/h3-6H,2,10H2,1H3. The van der Waals surface area contributed by atoms with Crippen LogP contribution in [0.15, 0.2) is 23.0 Å². The maximum atomic E-state index is 5.83. The third-order valence-corrected chi connectivity index (χ3v) is 2.59. The minimum Gasteiger partial charge on any atom is -0.396 e. The summed E-state index contributed by atoms with van der Waals surface area (Å²) in [5.41, 5.74) is 8.58. The first-order chi connectivity index (χ1) is 6.31. The predicted molar refractivity (Wildman–Crippen MR) is 55.6 cm³/mol. The molecule has 0 saturated heterocycles. The zero-order chi connectivity index (χ0) is 9.26. The van der Waals surface area contributed by atoms with Gasteiger partial charge in [0, 0.05) is 23.7 Å². The Hall–Kier alpha value is -1.29. The Morgan fingerprint density at radius 1 is 1.62 bits per heavy atom. The smallest absolute Gasteiger partial charge is 0.116 e. The van der Waals surface area contributed by atoms with Crippen molar-refractivity contribution in [2.75, 3.05) is 5.73 Å². The Labute approximate surface area is 80.8 Å². The number of aromatic nitrogens is 2. The third-order valence-electron chi connectivity index (χ3n) is 1.91. The van der Waals surface area contributed by atoms with Crippen LogP contribution in [0.3, 0.4) is 0 Å². The van der Waals surface area contributed by atoms with E-state index in [9.17, 15) is 0 Å². The Bertz CT molecular complexity index is 389. The van der Waals surface area contributed by atoms with E-state index in [-0.39, 0.29) is 0 Å². The fraction of sp³-hybridized carbons (Fsp3) is 0.222. The summed E-state index contributed by atoms with van der Waals surface area (Å²) in [6.45, 7) is 2.90. The largest absolute Gasteiger partial charge is 0.396 e. The van der Waals surface area contributed by atoms with Gasteiger partial charge in [-0.15, -0.1) is 0 Å². The SMILES string of the molecule is CCn1cc(N)c(-c2ccsc2)n1. The summed E-state index contributed by atoms with van der Waals surface area (Å²) in [5.74, 6) is 0. The van der Waals surface area contributed by atoms with Crippen molar-refractivity contribution in [3.63, 3.8) is 0 Å². The van der Waals surface area contributed by atoms with Crippen molar-refractivity contribution in [2.24, 2.45) is 0 Å².